The van der Waals surface area contributed by atoms with E-state index in [0.29, 0.717) is 0 Å². The first-order valence-corrected chi connectivity index (χ1v) is 7.15. The van der Waals surface area contributed by atoms with Crippen molar-refractivity contribution >= 4 is 5.91 Å². The molecule has 2 aliphatic heterocycles. The number of piperidine rings is 1. The fourth-order valence-corrected chi connectivity index (χ4v) is 2.56. The highest BCUT2D eigenvalue weighted by Gasteiger charge is 2.20. The summed E-state index contributed by atoms with van der Waals surface area (Å²) >= 11 is 0. The zero-order valence-electron chi connectivity index (χ0n) is 11.1. The molecule has 2 rings (SSSR count). The molecule has 0 aromatic heterocycles. The summed E-state index contributed by atoms with van der Waals surface area (Å²) < 4.78 is 5.31. The molecule has 104 valence electrons. The maximum Gasteiger partial charge on any atom is 0.224 e. The lowest BCUT2D eigenvalue weighted by atomic mass is 9.99. The minimum atomic E-state index is 0.183. The van der Waals surface area contributed by atoms with E-state index < -0.39 is 0 Å². The van der Waals surface area contributed by atoms with E-state index in [0.717, 1.165) is 71.7 Å². The maximum atomic E-state index is 11.9. The summed E-state index contributed by atoms with van der Waals surface area (Å²) in [5.74, 6) is 0.409. The summed E-state index contributed by atoms with van der Waals surface area (Å²) in [5.41, 5.74) is 0. The van der Waals surface area contributed by atoms with Gasteiger partial charge in [0.2, 0.25) is 5.91 Å². The smallest absolute Gasteiger partial charge is 0.224 e. The van der Waals surface area contributed by atoms with Crippen LogP contribution in [0, 0.1) is 5.92 Å². The van der Waals surface area contributed by atoms with E-state index >= 15 is 0 Å². The average molecular weight is 255 g/mol. The maximum absolute atomic E-state index is 11.9. The zero-order valence-corrected chi connectivity index (χ0v) is 11.1. The van der Waals surface area contributed by atoms with Gasteiger partial charge in [0.25, 0.3) is 0 Å². The van der Waals surface area contributed by atoms with Crippen molar-refractivity contribution in [3.8, 4) is 0 Å². The third kappa shape index (κ3) is 4.55. The first-order valence-electron chi connectivity index (χ1n) is 7.15. The van der Waals surface area contributed by atoms with E-state index in [-0.39, 0.29) is 11.8 Å². The molecule has 2 fully saturated rings. The van der Waals surface area contributed by atoms with Crippen molar-refractivity contribution in [1.29, 1.82) is 0 Å². The number of morpholine rings is 1. The number of hydrogen-bond donors (Lipinski definition) is 2. The van der Waals surface area contributed by atoms with Crippen LogP contribution in [-0.4, -0.2) is 63.3 Å². The molecule has 2 saturated heterocycles. The van der Waals surface area contributed by atoms with E-state index in [4.69, 9.17) is 4.74 Å². The van der Waals surface area contributed by atoms with Gasteiger partial charge >= 0.3 is 0 Å². The van der Waals surface area contributed by atoms with Gasteiger partial charge in [0.05, 0.1) is 19.1 Å². The Morgan fingerprint density at radius 1 is 1.39 bits per heavy atom. The molecular formula is C13H25N3O2. The summed E-state index contributed by atoms with van der Waals surface area (Å²) in [5, 5.41) is 6.33. The lowest BCUT2D eigenvalue weighted by Gasteiger charge is -2.26. The van der Waals surface area contributed by atoms with Crippen molar-refractivity contribution in [3.05, 3.63) is 0 Å². The fourth-order valence-electron chi connectivity index (χ4n) is 2.56. The molecule has 1 atom stereocenters. The summed E-state index contributed by atoms with van der Waals surface area (Å²) in [6.45, 7) is 7.51. The van der Waals surface area contributed by atoms with Crippen LogP contribution in [0.2, 0.25) is 0 Å². The lowest BCUT2D eigenvalue weighted by Crippen LogP contribution is -2.42. The first kappa shape index (κ1) is 13.8. The highest BCUT2D eigenvalue weighted by Crippen LogP contribution is 2.09. The third-order valence-corrected chi connectivity index (χ3v) is 3.72. The SMILES string of the molecule is O=C(NCCCN1CCOCC1)[C@@H]1CCCNC1. The normalized spacial score (nSPS) is 25.9. The third-order valence-electron chi connectivity index (χ3n) is 3.72. The number of nitrogens with one attached hydrogen (secondary N) is 2. The number of ether oxygens (including phenoxy) is 1. The molecule has 0 bridgehead atoms. The van der Waals surface area contributed by atoms with Crippen LogP contribution in [0.3, 0.4) is 0 Å². The minimum absolute atomic E-state index is 0.183. The molecule has 0 aliphatic carbocycles. The Kier molecular flexibility index (Phi) is 5.90. The predicted octanol–water partition coefficient (Wildman–Crippen LogP) is -0.175. The number of carbonyl (C=O) groups excluding carboxylic acids is 1. The average Bonchev–Trinajstić information content (AvgIpc) is 2.45. The van der Waals surface area contributed by atoms with Gasteiger partial charge in [0.15, 0.2) is 0 Å². The molecule has 0 saturated carbocycles. The van der Waals surface area contributed by atoms with E-state index in [1.165, 1.54) is 0 Å². The van der Waals surface area contributed by atoms with Gasteiger partial charge in [-0.25, -0.2) is 0 Å². The monoisotopic (exact) mass is 255 g/mol. The number of amides is 1. The lowest BCUT2D eigenvalue weighted by molar-refractivity contribution is -0.125. The van der Waals surface area contributed by atoms with Gasteiger partial charge in [-0.15, -0.1) is 0 Å². The van der Waals surface area contributed by atoms with Crippen LogP contribution < -0.4 is 10.6 Å². The number of hydrogen-bond acceptors (Lipinski definition) is 4. The molecule has 2 aliphatic rings. The van der Waals surface area contributed by atoms with Crippen molar-refractivity contribution in [2.75, 3.05) is 52.5 Å². The van der Waals surface area contributed by atoms with Crippen molar-refractivity contribution in [1.82, 2.24) is 15.5 Å². The van der Waals surface area contributed by atoms with Gasteiger partial charge in [-0.1, -0.05) is 0 Å². The molecule has 1 amide bonds. The Bertz CT molecular complexity index is 249. The molecule has 0 spiro atoms. The molecular weight excluding hydrogens is 230 g/mol. The number of nitrogens with zero attached hydrogens (tertiary/aromatic N) is 1. The van der Waals surface area contributed by atoms with Crippen molar-refractivity contribution < 1.29 is 9.53 Å². The summed E-state index contributed by atoms with van der Waals surface area (Å²) in [4.78, 5) is 14.3. The van der Waals surface area contributed by atoms with Gasteiger partial charge in [-0.3, -0.25) is 9.69 Å². The van der Waals surface area contributed by atoms with E-state index in [1.54, 1.807) is 0 Å². The van der Waals surface area contributed by atoms with Gasteiger partial charge < -0.3 is 15.4 Å². The topological polar surface area (TPSA) is 53.6 Å². The number of carbonyl (C=O) groups is 1. The Balaban J connectivity index is 1.52. The van der Waals surface area contributed by atoms with E-state index in [2.05, 4.69) is 15.5 Å². The highest BCUT2D eigenvalue weighted by atomic mass is 16.5. The summed E-state index contributed by atoms with van der Waals surface area (Å²) in [6.07, 6.45) is 3.18. The summed E-state index contributed by atoms with van der Waals surface area (Å²) in [6, 6.07) is 0. The minimum Gasteiger partial charge on any atom is -0.379 e. The van der Waals surface area contributed by atoms with Crippen LogP contribution in [0.5, 0.6) is 0 Å². The van der Waals surface area contributed by atoms with Crippen LogP contribution in [0.4, 0.5) is 0 Å². The molecule has 5 heteroatoms. The molecule has 0 radical (unpaired) electrons. The highest BCUT2D eigenvalue weighted by molar-refractivity contribution is 5.78. The standard InChI is InChI=1S/C13H25N3O2/c17-13(12-3-1-4-14-11-12)15-5-2-6-16-7-9-18-10-8-16/h12,14H,1-11H2,(H,15,17)/t12-/m1/s1. The molecule has 18 heavy (non-hydrogen) atoms. The second-order valence-electron chi connectivity index (χ2n) is 5.14. The molecule has 0 aromatic rings. The van der Waals surface area contributed by atoms with Crippen molar-refractivity contribution in [2.45, 2.75) is 19.3 Å². The number of rotatable bonds is 5. The van der Waals surface area contributed by atoms with Gasteiger partial charge in [-0.2, -0.15) is 0 Å². The first-order chi connectivity index (χ1) is 8.86. The Hall–Kier alpha value is -0.650. The van der Waals surface area contributed by atoms with Crippen molar-refractivity contribution in [2.24, 2.45) is 5.92 Å². The van der Waals surface area contributed by atoms with Crippen LogP contribution in [0.1, 0.15) is 19.3 Å². The predicted molar refractivity (Wildman–Crippen MR) is 70.5 cm³/mol. The van der Waals surface area contributed by atoms with E-state index in [1.807, 2.05) is 0 Å². The second kappa shape index (κ2) is 7.71. The van der Waals surface area contributed by atoms with Gasteiger partial charge in [0, 0.05) is 26.2 Å². The van der Waals surface area contributed by atoms with Gasteiger partial charge in [-0.05, 0) is 32.4 Å². The van der Waals surface area contributed by atoms with Crippen LogP contribution in [0.15, 0.2) is 0 Å². The van der Waals surface area contributed by atoms with Crippen LogP contribution in [-0.2, 0) is 9.53 Å². The largest absolute Gasteiger partial charge is 0.379 e. The molecule has 5 nitrogen and oxygen atoms in total. The molecule has 2 heterocycles. The Morgan fingerprint density at radius 2 is 2.22 bits per heavy atom. The Labute approximate surface area is 109 Å². The van der Waals surface area contributed by atoms with E-state index in [9.17, 15) is 4.79 Å². The second-order valence-corrected chi connectivity index (χ2v) is 5.14. The molecule has 0 unspecified atom stereocenters. The van der Waals surface area contributed by atoms with Gasteiger partial charge in [0.1, 0.15) is 0 Å². The zero-order chi connectivity index (χ0) is 12.6. The quantitative estimate of drug-likeness (QED) is 0.670. The van der Waals surface area contributed by atoms with Crippen LogP contribution >= 0.6 is 0 Å². The fraction of sp³-hybridized carbons (Fsp3) is 0.923. The van der Waals surface area contributed by atoms with Crippen molar-refractivity contribution in [3.63, 3.8) is 0 Å². The summed E-state index contributed by atoms with van der Waals surface area (Å²) in [7, 11) is 0. The van der Waals surface area contributed by atoms with Crippen LogP contribution in [0.25, 0.3) is 0 Å². The Morgan fingerprint density at radius 3 is 2.94 bits per heavy atom. The molecule has 2 N–H and O–H groups in total. The molecule has 0 aromatic carbocycles.